The number of carbonyl (C=O) groups excluding carboxylic acids is 1. The van der Waals surface area contributed by atoms with Crippen LogP contribution in [0.1, 0.15) is 58.0 Å². The van der Waals surface area contributed by atoms with Gasteiger partial charge in [0.2, 0.25) is 0 Å². The van der Waals surface area contributed by atoms with Crippen molar-refractivity contribution in [1.82, 2.24) is 19.7 Å². The van der Waals surface area contributed by atoms with Crippen molar-refractivity contribution in [3.63, 3.8) is 0 Å². The molecule has 1 aliphatic heterocycles. The van der Waals surface area contributed by atoms with Crippen molar-refractivity contribution in [3.8, 4) is 0 Å². The molecule has 3 aromatic heterocycles. The highest BCUT2D eigenvalue weighted by Crippen LogP contribution is 2.41. The number of aromatic nitrogens is 4. The van der Waals surface area contributed by atoms with Crippen LogP contribution in [0.5, 0.6) is 0 Å². The summed E-state index contributed by atoms with van der Waals surface area (Å²) in [7, 11) is -3.07. The van der Waals surface area contributed by atoms with Crippen LogP contribution < -0.4 is 5.32 Å². The van der Waals surface area contributed by atoms with Crippen LogP contribution >= 0.6 is 11.3 Å². The number of thiazole rings is 1. The van der Waals surface area contributed by atoms with Crippen molar-refractivity contribution in [3.05, 3.63) is 46.2 Å². The number of fused-ring (bicyclic) bond motifs is 2. The van der Waals surface area contributed by atoms with Gasteiger partial charge in [-0.15, -0.1) is 11.3 Å². The molecule has 4 heterocycles. The van der Waals surface area contributed by atoms with Crippen molar-refractivity contribution in [1.29, 1.82) is 0 Å². The number of nitrogens with one attached hydrogen (secondary N) is 1. The zero-order valence-corrected chi connectivity index (χ0v) is 20.0. The van der Waals surface area contributed by atoms with Crippen LogP contribution in [-0.2, 0) is 9.84 Å². The molecule has 1 amide bonds. The molecular weight excluding hydrogens is 458 g/mol. The molecule has 33 heavy (non-hydrogen) atoms. The van der Waals surface area contributed by atoms with Crippen LogP contribution in [0.25, 0.3) is 21.3 Å². The van der Waals surface area contributed by atoms with Crippen LogP contribution in [0.2, 0.25) is 0 Å². The van der Waals surface area contributed by atoms with Gasteiger partial charge in [-0.2, -0.15) is 5.10 Å². The van der Waals surface area contributed by atoms with E-state index in [1.807, 2.05) is 38.1 Å². The van der Waals surface area contributed by atoms with E-state index < -0.39 is 9.84 Å². The Bertz CT molecular complexity index is 1550. The van der Waals surface area contributed by atoms with Crippen LogP contribution in [0, 0.1) is 13.8 Å². The molecule has 1 unspecified atom stereocenters. The van der Waals surface area contributed by atoms with Crippen LogP contribution in [0.4, 0.5) is 5.69 Å². The van der Waals surface area contributed by atoms with E-state index >= 15 is 0 Å². The lowest BCUT2D eigenvalue weighted by atomic mass is 10.1. The first-order chi connectivity index (χ1) is 15.8. The van der Waals surface area contributed by atoms with Gasteiger partial charge in [0, 0.05) is 17.3 Å². The van der Waals surface area contributed by atoms with E-state index in [2.05, 4.69) is 15.4 Å². The number of hydrogen-bond donors (Lipinski definition) is 1. The van der Waals surface area contributed by atoms with E-state index in [1.54, 1.807) is 16.0 Å². The first-order valence-corrected chi connectivity index (χ1v) is 13.7. The Balaban J connectivity index is 1.43. The number of benzene rings is 1. The lowest BCUT2D eigenvalue weighted by Crippen LogP contribution is -2.15. The fourth-order valence-electron chi connectivity index (χ4n) is 4.64. The molecule has 170 valence electrons. The zero-order chi connectivity index (χ0) is 22.9. The quantitative estimate of drug-likeness (QED) is 0.469. The second-order valence-corrected chi connectivity index (χ2v) is 12.5. The fraction of sp³-hybridized carbons (Fsp3) is 0.391. The summed E-state index contributed by atoms with van der Waals surface area (Å²) in [5.41, 5.74) is 4.33. The number of anilines is 1. The fourth-order valence-corrected chi connectivity index (χ4v) is 7.20. The highest BCUT2D eigenvalue weighted by atomic mass is 32.2. The number of amides is 1. The van der Waals surface area contributed by atoms with Gasteiger partial charge in [0.15, 0.2) is 15.5 Å². The average molecular weight is 482 g/mol. The Labute approximate surface area is 195 Å². The van der Waals surface area contributed by atoms with Gasteiger partial charge >= 0.3 is 0 Å². The molecule has 0 bridgehead atoms. The third kappa shape index (κ3) is 3.71. The first kappa shape index (κ1) is 20.7. The number of hydrogen-bond acceptors (Lipinski definition) is 7. The number of pyridine rings is 1. The van der Waals surface area contributed by atoms with Crippen molar-refractivity contribution in [2.24, 2.45) is 0 Å². The zero-order valence-electron chi connectivity index (χ0n) is 18.3. The van der Waals surface area contributed by atoms with E-state index in [4.69, 9.17) is 4.98 Å². The van der Waals surface area contributed by atoms with Gasteiger partial charge in [-0.3, -0.25) is 4.79 Å². The molecule has 0 spiro atoms. The molecule has 6 rings (SSSR count). The molecule has 1 saturated heterocycles. The average Bonchev–Trinajstić information content (AvgIpc) is 3.35. The number of carbonyl (C=O) groups is 1. The molecule has 1 atom stereocenters. The SMILES string of the molecule is Cc1nc2ccc(NC(=O)c3cc(C4CC4)nc4c3c(C)nn4C3CCS(=O)(=O)C3)cc2s1. The number of sulfone groups is 1. The number of rotatable bonds is 4. The van der Waals surface area contributed by atoms with Crippen molar-refractivity contribution in [2.45, 2.75) is 45.1 Å². The standard InChI is InChI=1S/C23H23N5O3S2/c1-12-21-17(23(29)25-15-5-6-18-20(9-15)32-13(2)24-18)10-19(14-3-4-14)26-22(21)28(27-12)16-7-8-33(30,31)11-16/h5-6,9-10,14,16H,3-4,7-8,11H2,1-2H3,(H,25,29). The summed E-state index contributed by atoms with van der Waals surface area (Å²) in [6, 6.07) is 7.35. The lowest BCUT2D eigenvalue weighted by molar-refractivity contribution is 0.102. The second-order valence-electron chi connectivity index (χ2n) is 9.02. The van der Waals surface area contributed by atoms with Gasteiger partial charge in [0.05, 0.1) is 49.4 Å². The molecule has 1 N–H and O–H groups in total. The molecule has 1 aliphatic carbocycles. The van der Waals surface area contributed by atoms with E-state index in [9.17, 15) is 13.2 Å². The lowest BCUT2D eigenvalue weighted by Gasteiger charge is -2.12. The highest BCUT2D eigenvalue weighted by molar-refractivity contribution is 7.91. The summed E-state index contributed by atoms with van der Waals surface area (Å²) < 4.78 is 26.9. The second kappa shape index (κ2) is 7.33. The maximum absolute atomic E-state index is 13.5. The third-order valence-electron chi connectivity index (χ3n) is 6.40. The minimum Gasteiger partial charge on any atom is -0.322 e. The Morgan fingerprint density at radius 2 is 1.97 bits per heavy atom. The molecule has 1 aromatic carbocycles. The molecule has 10 heteroatoms. The van der Waals surface area contributed by atoms with Crippen molar-refractivity contribution < 1.29 is 13.2 Å². The van der Waals surface area contributed by atoms with Gasteiger partial charge in [-0.1, -0.05) is 0 Å². The number of aryl methyl sites for hydroxylation is 2. The van der Waals surface area contributed by atoms with E-state index in [0.717, 1.165) is 33.8 Å². The minimum absolute atomic E-state index is 0.0639. The third-order valence-corrected chi connectivity index (χ3v) is 9.09. The summed E-state index contributed by atoms with van der Waals surface area (Å²) in [5.74, 6) is 0.349. The summed E-state index contributed by atoms with van der Waals surface area (Å²) >= 11 is 1.59. The molecule has 4 aromatic rings. The van der Waals surface area contributed by atoms with Gasteiger partial charge < -0.3 is 5.32 Å². The first-order valence-electron chi connectivity index (χ1n) is 11.1. The summed E-state index contributed by atoms with van der Waals surface area (Å²) in [6.45, 7) is 3.82. The van der Waals surface area contributed by atoms with Crippen LogP contribution in [0.15, 0.2) is 24.3 Å². The largest absolute Gasteiger partial charge is 0.322 e. The van der Waals surface area contributed by atoms with Crippen molar-refractivity contribution >= 4 is 54.0 Å². The molecule has 2 aliphatic rings. The Hall–Kier alpha value is -2.85. The van der Waals surface area contributed by atoms with Crippen LogP contribution in [0.3, 0.4) is 0 Å². The predicted molar refractivity (Wildman–Crippen MR) is 129 cm³/mol. The Morgan fingerprint density at radius 1 is 1.15 bits per heavy atom. The summed E-state index contributed by atoms with van der Waals surface area (Å²) in [5, 5.41) is 9.36. The van der Waals surface area contributed by atoms with Crippen molar-refractivity contribution in [2.75, 3.05) is 16.8 Å². The smallest absolute Gasteiger partial charge is 0.256 e. The van der Waals surface area contributed by atoms with E-state index in [1.165, 1.54) is 0 Å². The van der Waals surface area contributed by atoms with Crippen LogP contribution in [-0.4, -0.2) is 45.6 Å². The monoisotopic (exact) mass is 481 g/mol. The van der Waals surface area contributed by atoms with E-state index in [0.29, 0.717) is 40.3 Å². The molecule has 0 radical (unpaired) electrons. The highest BCUT2D eigenvalue weighted by Gasteiger charge is 2.34. The molecule has 8 nitrogen and oxygen atoms in total. The van der Waals surface area contributed by atoms with Gasteiger partial charge in [0.1, 0.15) is 0 Å². The normalized spacial score (nSPS) is 20.0. The van der Waals surface area contributed by atoms with E-state index in [-0.39, 0.29) is 23.5 Å². The Kier molecular flexibility index (Phi) is 4.60. The summed E-state index contributed by atoms with van der Waals surface area (Å²) in [4.78, 5) is 22.8. The minimum atomic E-state index is -3.07. The summed E-state index contributed by atoms with van der Waals surface area (Å²) in [6.07, 6.45) is 2.61. The topological polar surface area (TPSA) is 107 Å². The van der Waals surface area contributed by atoms with Gasteiger partial charge in [-0.05, 0) is 57.4 Å². The number of nitrogens with zero attached hydrogens (tertiary/aromatic N) is 4. The molecular formula is C23H23N5O3S2. The van der Waals surface area contributed by atoms with Gasteiger partial charge in [-0.25, -0.2) is 23.1 Å². The van der Waals surface area contributed by atoms with Gasteiger partial charge in [0.25, 0.3) is 5.91 Å². The Morgan fingerprint density at radius 3 is 2.70 bits per heavy atom. The molecule has 2 fully saturated rings. The predicted octanol–water partition coefficient (Wildman–Crippen LogP) is 4.15. The molecule has 1 saturated carbocycles. The maximum Gasteiger partial charge on any atom is 0.256 e. The maximum atomic E-state index is 13.5.